The molecule has 0 saturated carbocycles. The Balaban J connectivity index is 1.09. The molecule has 4 aromatic heterocycles. The van der Waals surface area contributed by atoms with Gasteiger partial charge in [0.15, 0.2) is 11.6 Å². The Morgan fingerprint density at radius 3 is 1.33 bits per heavy atom. The summed E-state index contributed by atoms with van der Waals surface area (Å²) in [6, 6.07) is 76.3. The van der Waals surface area contributed by atoms with Crippen LogP contribution >= 0.6 is 0 Å². The van der Waals surface area contributed by atoms with Crippen molar-refractivity contribution in [3.05, 3.63) is 218 Å². The van der Waals surface area contributed by atoms with Crippen molar-refractivity contribution in [1.82, 2.24) is 28.7 Å². The van der Waals surface area contributed by atoms with Crippen molar-refractivity contribution < 1.29 is 0 Å². The Hall–Kier alpha value is -8.61. The van der Waals surface area contributed by atoms with E-state index in [0.717, 1.165) is 61.6 Å². The molecule has 0 amide bonds. The molecule has 4 heterocycles. The van der Waals surface area contributed by atoms with E-state index in [1.807, 2.05) is 18.2 Å². The molecule has 0 bridgehead atoms. The van der Waals surface area contributed by atoms with Gasteiger partial charge in [0.25, 0.3) is 0 Å². The summed E-state index contributed by atoms with van der Waals surface area (Å²) >= 11 is 0. The third-order valence-corrected chi connectivity index (χ3v) is 13.3. The van der Waals surface area contributed by atoms with Gasteiger partial charge in [-0.1, -0.05) is 166 Å². The summed E-state index contributed by atoms with van der Waals surface area (Å²) in [5.74, 6) is 2.00. The number of rotatable bonds is 6. The predicted octanol–water partition coefficient (Wildman–Crippen LogP) is 15.5. The van der Waals surface area contributed by atoms with E-state index in [4.69, 9.17) is 15.0 Å². The van der Waals surface area contributed by atoms with E-state index in [0.29, 0.717) is 11.6 Å². The smallest absolute Gasteiger partial charge is 0.165 e. The van der Waals surface area contributed by atoms with Gasteiger partial charge in [-0.15, -0.1) is 0 Å². The SMILES string of the molecule is CC(C)(C)c1nc(-c2ccccc2)nc(-c2cc(-c3ccccc3-n3c4ccccc4c4ccccc43)ccc2-n2c3ccccc3c3cc(-n4c5ccccc5c5ccccc54)ccc32)n1. The highest BCUT2D eigenvalue weighted by Gasteiger charge is 2.25. The van der Waals surface area contributed by atoms with E-state index in [-0.39, 0.29) is 5.41 Å². The molecule has 0 atom stereocenters. The quantitative estimate of drug-likeness (QED) is 0.167. The summed E-state index contributed by atoms with van der Waals surface area (Å²) in [4.78, 5) is 15.9. The Morgan fingerprint density at radius 1 is 0.313 bits per heavy atom. The number of hydrogen-bond acceptors (Lipinski definition) is 3. The van der Waals surface area contributed by atoms with Gasteiger partial charge in [-0.25, -0.2) is 15.0 Å². The first-order chi connectivity index (χ1) is 32.9. The monoisotopic (exact) mass is 860 g/mol. The summed E-state index contributed by atoms with van der Waals surface area (Å²) < 4.78 is 7.21. The Morgan fingerprint density at radius 2 is 0.761 bits per heavy atom. The number of fused-ring (bicyclic) bond motifs is 9. The lowest BCUT2D eigenvalue weighted by Gasteiger charge is -2.20. The molecule has 9 aromatic carbocycles. The standard InChI is InChI=1S/C61H44N6/c1-61(2,3)60-63-58(39-19-5-4-6-20-39)62-59(64-60)49-37-40(42-21-7-13-27-50(42)66-53-30-16-10-24-45(53)46-25-11-17-31-54(46)66)33-35-57(49)67-55-32-18-12-26-47(55)48-38-41(34-36-56(48)67)65-51-28-14-8-22-43(51)44-23-9-15-29-52(44)65/h4-38H,1-3H3. The topological polar surface area (TPSA) is 53.5 Å². The first-order valence-corrected chi connectivity index (χ1v) is 23.0. The molecule has 67 heavy (non-hydrogen) atoms. The van der Waals surface area contributed by atoms with Gasteiger partial charge >= 0.3 is 0 Å². The number of benzene rings is 9. The summed E-state index contributed by atoms with van der Waals surface area (Å²) in [7, 11) is 0. The molecule has 6 nitrogen and oxygen atoms in total. The van der Waals surface area contributed by atoms with Crippen LogP contribution in [0.2, 0.25) is 0 Å². The summed E-state index contributed by atoms with van der Waals surface area (Å²) in [5, 5.41) is 7.27. The summed E-state index contributed by atoms with van der Waals surface area (Å²) in [6.07, 6.45) is 0. The zero-order chi connectivity index (χ0) is 44.8. The van der Waals surface area contributed by atoms with Crippen molar-refractivity contribution in [2.24, 2.45) is 0 Å². The summed E-state index contributed by atoms with van der Waals surface area (Å²) in [6.45, 7) is 6.51. The molecule has 0 fully saturated rings. The fourth-order valence-corrected chi connectivity index (χ4v) is 10.3. The number of hydrogen-bond donors (Lipinski definition) is 0. The van der Waals surface area contributed by atoms with Crippen LogP contribution in [0.3, 0.4) is 0 Å². The molecule has 0 N–H and O–H groups in total. The number of nitrogens with zero attached hydrogens (tertiary/aromatic N) is 6. The molecule has 318 valence electrons. The van der Waals surface area contributed by atoms with E-state index in [2.05, 4.69) is 229 Å². The van der Waals surface area contributed by atoms with Crippen molar-refractivity contribution in [3.63, 3.8) is 0 Å². The normalized spacial score (nSPS) is 12.1. The second kappa shape index (κ2) is 15.0. The van der Waals surface area contributed by atoms with E-state index in [1.165, 1.54) is 49.0 Å². The lowest BCUT2D eigenvalue weighted by Crippen LogP contribution is -2.18. The second-order valence-corrected chi connectivity index (χ2v) is 18.5. The zero-order valence-electron chi connectivity index (χ0n) is 37.4. The minimum atomic E-state index is -0.349. The molecule has 0 spiro atoms. The van der Waals surface area contributed by atoms with Gasteiger partial charge in [0.2, 0.25) is 0 Å². The molecule has 13 rings (SSSR count). The largest absolute Gasteiger partial charge is 0.309 e. The average molecular weight is 861 g/mol. The minimum Gasteiger partial charge on any atom is -0.309 e. The highest BCUT2D eigenvalue weighted by molar-refractivity contribution is 6.13. The van der Waals surface area contributed by atoms with Gasteiger partial charge in [0.1, 0.15) is 5.82 Å². The maximum Gasteiger partial charge on any atom is 0.165 e. The van der Waals surface area contributed by atoms with Crippen molar-refractivity contribution in [1.29, 1.82) is 0 Å². The van der Waals surface area contributed by atoms with Crippen molar-refractivity contribution >= 4 is 65.4 Å². The number of para-hydroxylation sites is 6. The first-order valence-electron chi connectivity index (χ1n) is 23.0. The van der Waals surface area contributed by atoms with Gasteiger partial charge in [0.05, 0.1) is 44.5 Å². The molecule has 0 unspecified atom stereocenters. The fraction of sp³-hybridized carbons (Fsp3) is 0.0656. The second-order valence-electron chi connectivity index (χ2n) is 18.5. The molecule has 0 aliphatic carbocycles. The van der Waals surface area contributed by atoms with Crippen LogP contribution in [0.5, 0.6) is 0 Å². The van der Waals surface area contributed by atoms with Crippen LogP contribution in [-0.2, 0) is 5.41 Å². The van der Waals surface area contributed by atoms with Gasteiger partial charge in [0, 0.05) is 60.1 Å². The lowest BCUT2D eigenvalue weighted by molar-refractivity contribution is 0.543. The van der Waals surface area contributed by atoms with Crippen LogP contribution in [0, 0.1) is 0 Å². The van der Waals surface area contributed by atoms with E-state index < -0.39 is 0 Å². The van der Waals surface area contributed by atoms with Crippen LogP contribution in [-0.4, -0.2) is 28.7 Å². The minimum absolute atomic E-state index is 0.349. The fourth-order valence-electron chi connectivity index (χ4n) is 10.3. The van der Waals surface area contributed by atoms with Crippen molar-refractivity contribution in [2.75, 3.05) is 0 Å². The highest BCUT2D eigenvalue weighted by atomic mass is 15.1. The number of aromatic nitrogens is 6. The Bertz CT molecular complexity index is 3980. The van der Waals surface area contributed by atoms with Crippen molar-refractivity contribution in [3.8, 4) is 51.0 Å². The third kappa shape index (κ3) is 6.14. The van der Waals surface area contributed by atoms with E-state index in [9.17, 15) is 0 Å². The molecule has 13 aromatic rings. The third-order valence-electron chi connectivity index (χ3n) is 13.3. The van der Waals surface area contributed by atoms with Crippen LogP contribution in [0.25, 0.3) is 116 Å². The molecule has 0 saturated heterocycles. The van der Waals surface area contributed by atoms with Gasteiger partial charge in [-0.05, 0) is 72.3 Å². The first kappa shape index (κ1) is 38.8. The maximum absolute atomic E-state index is 5.38. The predicted molar refractivity (Wildman–Crippen MR) is 278 cm³/mol. The maximum atomic E-state index is 5.38. The average Bonchev–Trinajstić information content (AvgIpc) is 4.02. The van der Waals surface area contributed by atoms with Gasteiger partial charge < -0.3 is 13.7 Å². The van der Waals surface area contributed by atoms with Crippen LogP contribution < -0.4 is 0 Å². The molecular formula is C61H44N6. The Kier molecular flexibility index (Phi) is 8.68. The molecule has 0 aliphatic rings. The Labute approximate surface area is 387 Å². The van der Waals surface area contributed by atoms with E-state index >= 15 is 0 Å². The lowest BCUT2D eigenvalue weighted by atomic mass is 9.95. The molecule has 0 aliphatic heterocycles. The molecule has 6 heteroatoms. The zero-order valence-corrected chi connectivity index (χ0v) is 37.4. The molecule has 0 radical (unpaired) electrons. The van der Waals surface area contributed by atoms with Gasteiger partial charge in [-0.2, -0.15) is 0 Å². The van der Waals surface area contributed by atoms with Crippen LogP contribution in [0.4, 0.5) is 0 Å². The van der Waals surface area contributed by atoms with Crippen molar-refractivity contribution in [2.45, 2.75) is 26.2 Å². The van der Waals surface area contributed by atoms with Gasteiger partial charge in [-0.3, -0.25) is 0 Å². The van der Waals surface area contributed by atoms with Crippen LogP contribution in [0.1, 0.15) is 26.6 Å². The van der Waals surface area contributed by atoms with Crippen LogP contribution in [0.15, 0.2) is 212 Å². The summed E-state index contributed by atoms with van der Waals surface area (Å²) in [5.41, 5.74) is 13.8. The van der Waals surface area contributed by atoms with E-state index in [1.54, 1.807) is 0 Å². The highest BCUT2D eigenvalue weighted by Crippen LogP contribution is 2.42. The molecular weight excluding hydrogens is 817 g/mol.